The Hall–Kier alpha value is -0.0600. The first-order valence-electron chi connectivity index (χ1n) is 4.57. The Morgan fingerprint density at radius 1 is 1.54 bits per heavy atom. The van der Waals surface area contributed by atoms with E-state index in [0.29, 0.717) is 0 Å². The molecule has 0 atom stereocenters. The van der Waals surface area contributed by atoms with Crippen LogP contribution in [0, 0.1) is 6.92 Å². The van der Waals surface area contributed by atoms with E-state index in [9.17, 15) is 0 Å². The minimum atomic E-state index is 0.771. The molecule has 1 aromatic heterocycles. The quantitative estimate of drug-likeness (QED) is 0.768. The number of rotatable bonds is 5. The van der Waals surface area contributed by atoms with Gasteiger partial charge in [0.25, 0.3) is 0 Å². The zero-order valence-corrected chi connectivity index (χ0v) is 9.80. The van der Waals surface area contributed by atoms with E-state index >= 15 is 0 Å². The van der Waals surface area contributed by atoms with Crippen molar-refractivity contribution in [3.05, 3.63) is 10.6 Å². The Balaban J connectivity index is 2.60. The van der Waals surface area contributed by atoms with E-state index in [1.54, 1.807) is 0 Å². The summed E-state index contributed by atoms with van der Waals surface area (Å²) in [7, 11) is 0. The number of thioether (sulfide) groups is 1. The average Bonchev–Trinajstić information content (AvgIpc) is 2.44. The summed E-state index contributed by atoms with van der Waals surface area (Å²) in [6.45, 7) is 5.01. The van der Waals surface area contributed by atoms with Crippen molar-refractivity contribution in [2.45, 2.75) is 31.0 Å². The van der Waals surface area contributed by atoms with E-state index in [2.05, 4.69) is 18.8 Å². The van der Waals surface area contributed by atoms with Crippen molar-refractivity contribution in [3.63, 3.8) is 0 Å². The van der Waals surface area contributed by atoms with Gasteiger partial charge < -0.3 is 5.73 Å². The van der Waals surface area contributed by atoms with E-state index in [1.165, 1.54) is 14.9 Å². The second kappa shape index (κ2) is 5.62. The molecule has 0 aromatic carbocycles. The molecule has 0 saturated carbocycles. The SMILES string of the molecule is CCSc1nc(C)c(CCCN)s1. The molecule has 2 N–H and O–H groups in total. The normalized spacial score (nSPS) is 10.7. The molecule has 74 valence electrons. The number of aromatic nitrogens is 1. The molecule has 0 aliphatic rings. The third kappa shape index (κ3) is 3.29. The molecular weight excluding hydrogens is 200 g/mol. The fourth-order valence-electron chi connectivity index (χ4n) is 1.08. The van der Waals surface area contributed by atoms with Gasteiger partial charge in [-0.25, -0.2) is 4.98 Å². The number of nitrogens with two attached hydrogens (primary N) is 1. The third-order valence-corrected chi connectivity index (χ3v) is 3.99. The van der Waals surface area contributed by atoms with E-state index in [0.717, 1.165) is 25.1 Å². The van der Waals surface area contributed by atoms with Crippen LogP contribution in [0.4, 0.5) is 0 Å². The molecule has 2 nitrogen and oxygen atoms in total. The summed E-state index contributed by atoms with van der Waals surface area (Å²) in [5.74, 6) is 1.10. The van der Waals surface area contributed by atoms with Crippen LogP contribution in [0.3, 0.4) is 0 Å². The topological polar surface area (TPSA) is 38.9 Å². The molecule has 0 unspecified atom stereocenters. The number of hydrogen-bond acceptors (Lipinski definition) is 4. The fraction of sp³-hybridized carbons (Fsp3) is 0.667. The van der Waals surface area contributed by atoms with Crippen molar-refractivity contribution >= 4 is 23.1 Å². The van der Waals surface area contributed by atoms with Gasteiger partial charge in [-0.05, 0) is 32.1 Å². The highest BCUT2D eigenvalue weighted by Gasteiger charge is 2.06. The van der Waals surface area contributed by atoms with Crippen LogP contribution >= 0.6 is 23.1 Å². The summed E-state index contributed by atoms with van der Waals surface area (Å²) >= 11 is 3.64. The van der Waals surface area contributed by atoms with Crippen molar-refractivity contribution in [2.75, 3.05) is 12.3 Å². The van der Waals surface area contributed by atoms with Crippen LogP contribution < -0.4 is 5.73 Å². The minimum absolute atomic E-state index is 0.771. The summed E-state index contributed by atoms with van der Waals surface area (Å²) in [6, 6.07) is 0. The Kier molecular flexibility index (Phi) is 4.77. The van der Waals surface area contributed by atoms with E-state index in [4.69, 9.17) is 5.73 Å². The summed E-state index contributed by atoms with van der Waals surface area (Å²) in [5.41, 5.74) is 6.66. The maximum Gasteiger partial charge on any atom is 0.150 e. The van der Waals surface area contributed by atoms with Crippen LogP contribution in [0.2, 0.25) is 0 Å². The average molecular weight is 216 g/mol. The number of aryl methyl sites for hydroxylation is 2. The molecule has 0 aliphatic heterocycles. The van der Waals surface area contributed by atoms with Gasteiger partial charge in [-0.1, -0.05) is 18.7 Å². The van der Waals surface area contributed by atoms with Gasteiger partial charge in [0.05, 0.1) is 5.69 Å². The smallest absolute Gasteiger partial charge is 0.150 e. The predicted octanol–water partition coefficient (Wildman–Crippen LogP) is 2.45. The summed E-state index contributed by atoms with van der Waals surface area (Å²) < 4.78 is 1.20. The fourth-order valence-corrected chi connectivity index (χ4v) is 3.25. The molecule has 0 bridgehead atoms. The largest absolute Gasteiger partial charge is 0.330 e. The lowest BCUT2D eigenvalue weighted by molar-refractivity contribution is 0.836. The molecule has 1 aromatic rings. The monoisotopic (exact) mass is 216 g/mol. The van der Waals surface area contributed by atoms with Gasteiger partial charge in [0.1, 0.15) is 4.34 Å². The number of nitrogens with zero attached hydrogens (tertiary/aromatic N) is 1. The van der Waals surface area contributed by atoms with Gasteiger partial charge in [0, 0.05) is 4.88 Å². The molecule has 1 rings (SSSR count). The lowest BCUT2D eigenvalue weighted by atomic mass is 10.2. The summed E-state index contributed by atoms with van der Waals surface area (Å²) in [4.78, 5) is 5.90. The minimum Gasteiger partial charge on any atom is -0.330 e. The van der Waals surface area contributed by atoms with Crippen LogP contribution in [0.1, 0.15) is 23.9 Å². The molecule has 13 heavy (non-hydrogen) atoms. The molecule has 0 saturated heterocycles. The molecule has 0 radical (unpaired) electrons. The van der Waals surface area contributed by atoms with Gasteiger partial charge in [-0.15, -0.1) is 11.3 Å². The van der Waals surface area contributed by atoms with Crippen molar-refractivity contribution in [2.24, 2.45) is 5.73 Å². The highest BCUT2D eigenvalue weighted by molar-refractivity contribution is 8.01. The van der Waals surface area contributed by atoms with E-state index < -0.39 is 0 Å². The number of hydrogen-bond donors (Lipinski definition) is 1. The van der Waals surface area contributed by atoms with Crippen molar-refractivity contribution in [1.82, 2.24) is 4.98 Å². The highest BCUT2D eigenvalue weighted by Crippen LogP contribution is 2.27. The molecule has 0 aliphatic carbocycles. The molecule has 0 spiro atoms. The summed E-state index contributed by atoms with van der Waals surface area (Å²) in [6.07, 6.45) is 2.16. The Labute approximate surface area is 87.9 Å². The maximum absolute atomic E-state index is 5.47. The second-order valence-corrected chi connectivity index (χ2v) is 5.41. The lowest BCUT2D eigenvalue weighted by Crippen LogP contribution is -1.99. The number of thiazole rings is 1. The third-order valence-electron chi connectivity index (χ3n) is 1.75. The van der Waals surface area contributed by atoms with Gasteiger partial charge in [0.2, 0.25) is 0 Å². The maximum atomic E-state index is 5.47. The van der Waals surface area contributed by atoms with Gasteiger partial charge >= 0.3 is 0 Å². The molecule has 1 heterocycles. The molecule has 0 fully saturated rings. The first-order valence-corrected chi connectivity index (χ1v) is 6.37. The van der Waals surface area contributed by atoms with Crippen molar-refractivity contribution in [3.8, 4) is 0 Å². The van der Waals surface area contributed by atoms with Crippen LogP contribution in [-0.4, -0.2) is 17.3 Å². The standard InChI is InChI=1S/C9H16N2S2/c1-3-12-9-11-7(2)8(13-9)5-4-6-10/h3-6,10H2,1-2H3. The van der Waals surface area contributed by atoms with Gasteiger partial charge in [-0.3, -0.25) is 0 Å². The summed E-state index contributed by atoms with van der Waals surface area (Å²) in [5, 5.41) is 0. The van der Waals surface area contributed by atoms with Crippen LogP contribution in [0.5, 0.6) is 0 Å². The molecule has 4 heteroatoms. The van der Waals surface area contributed by atoms with Crippen molar-refractivity contribution < 1.29 is 0 Å². The van der Waals surface area contributed by atoms with Crippen LogP contribution in [0.25, 0.3) is 0 Å². The highest BCUT2D eigenvalue weighted by atomic mass is 32.2. The predicted molar refractivity (Wildman–Crippen MR) is 60.6 cm³/mol. The van der Waals surface area contributed by atoms with E-state index in [1.807, 2.05) is 23.1 Å². The van der Waals surface area contributed by atoms with Crippen LogP contribution in [0.15, 0.2) is 4.34 Å². The second-order valence-electron chi connectivity index (χ2n) is 2.81. The van der Waals surface area contributed by atoms with Crippen LogP contribution in [-0.2, 0) is 6.42 Å². The first kappa shape index (κ1) is 11.0. The lowest BCUT2D eigenvalue weighted by Gasteiger charge is -1.93. The van der Waals surface area contributed by atoms with Gasteiger partial charge in [0.15, 0.2) is 0 Å². The van der Waals surface area contributed by atoms with Gasteiger partial charge in [-0.2, -0.15) is 0 Å². The zero-order chi connectivity index (χ0) is 9.68. The van der Waals surface area contributed by atoms with E-state index in [-0.39, 0.29) is 0 Å². The first-order chi connectivity index (χ1) is 6.27. The Morgan fingerprint density at radius 2 is 2.31 bits per heavy atom. The molecular formula is C9H16N2S2. The Morgan fingerprint density at radius 3 is 2.92 bits per heavy atom. The van der Waals surface area contributed by atoms with Crippen molar-refractivity contribution in [1.29, 1.82) is 0 Å². The Bertz CT molecular complexity index is 258. The molecule has 0 amide bonds. The zero-order valence-electron chi connectivity index (χ0n) is 8.17.